The molecule has 7 heteroatoms. The minimum absolute atomic E-state index is 0.101. The van der Waals surface area contributed by atoms with E-state index in [0.717, 1.165) is 30.2 Å². The molecule has 1 aliphatic carbocycles. The van der Waals surface area contributed by atoms with Gasteiger partial charge in [0.2, 0.25) is 5.91 Å². The molecule has 1 heterocycles. The minimum atomic E-state index is -0.880. The van der Waals surface area contributed by atoms with Crippen LogP contribution in [0.4, 0.5) is 0 Å². The summed E-state index contributed by atoms with van der Waals surface area (Å²) in [6.07, 6.45) is 3.90. The third-order valence-corrected chi connectivity index (χ3v) is 5.07. The highest BCUT2D eigenvalue weighted by molar-refractivity contribution is 5.99. The maximum atomic E-state index is 12.2. The Hall–Kier alpha value is -2.83. The number of hydrogen-bond donors (Lipinski definition) is 4. The summed E-state index contributed by atoms with van der Waals surface area (Å²) in [5.41, 5.74) is 0.353. The van der Waals surface area contributed by atoms with Crippen molar-refractivity contribution in [3.63, 3.8) is 0 Å². The number of rotatable bonds is 6. The first-order chi connectivity index (χ1) is 12.5. The predicted molar refractivity (Wildman–Crippen MR) is 96.8 cm³/mol. The van der Waals surface area contributed by atoms with Gasteiger partial charge in [-0.3, -0.25) is 14.4 Å². The average molecular weight is 357 g/mol. The molecule has 0 radical (unpaired) electrons. The molecule has 1 aromatic heterocycles. The van der Waals surface area contributed by atoms with Gasteiger partial charge in [-0.05, 0) is 25.0 Å². The molecule has 2 aromatic rings. The number of hydrogen-bond acceptors (Lipinski definition) is 3. The van der Waals surface area contributed by atoms with E-state index in [9.17, 15) is 19.5 Å². The van der Waals surface area contributed by atoms with Crippen molar-refractivity contribution in [1.82, 2.24) is 15.6 Å². The molecule has 3 rings (SSSR count). The van der Waals surface area contributed by atoms with Crippen molar-refractivity contribution in [2.24, 2.45) is 5.41 Å². The molecule has 0 atom stereocenters. The number of carboxylic acid groups (broad SMARTS) is 1. The molecule has 0 spiro atoms. The number of fused-ring (bicyclic) bond motifs is 1. The van der Waals surface area contributed by atoms with E-state index in [1.54, 1.807) is 6.07 Å². The number of carboxylic acids is 1. The zero-order valence-electron chi connectivity index (χ0n) is 14.5. The van der Waals surface area contributed by atoms with Crippen molar-refractivity contribution in [3.05, 3.63) is 36.0 Å². The fourth-order valence-corrected chi connectivity index (χ4v) is 3.48. The maximum absolute atomic E-state index is 12.2. The molecule has 0 unspecified atom stereocenters. The number of aromatic amines is 1. The van der Waals surface area contributed by atoms with Gasteiger partial charge in [0, 0.05) is 17.4 Å². The highest BCUT2D eigenvalue weighted by atomic mass is 16.4. The summed E-state index contributed by atoms with van der Waals surface area (Å²) in [7, 11) is 0. The largest absolute Gasteiger partial charge is 0.481 e. The van der Waals surface area contributed by atoms with Crippen LogP contribution >= 0.6 is 0 Å². The lowest BCUT2D eigenvalue weighted by atomic mass is 9.74. The Labute approximate surface area is 151 Å². The van der Waals surface area contributed by atoms with Crippen LogP contribution in [-0.4, -0.2) is 41.0 Å². The SMILES string of the molecule is O=C(CNC(=O)c1cc2ccccc2[nH]1)NCC1(C(=O)O)CCCCC1. The summed E-state index contributed by atoms with van der Waals surface area (Å²) in [6, 6.07) is 9.25. The molecule has 1 aliphatic rings. The lowest BCUT2D eigenvalue weighted by Gasteiger charge is -2.33. The number of aromatic nitrogens is 1. The maximum Gasteiger partial charge on any atom is 0.311 e. The minimum Gasteiger partial charge on any atom is -0.481 e. The van der Waals surface area contributed by atoms with Gasteiger partial charge in [0.25, 0.3) is 5.91 Å². The van der Waals surface area contributed by atoms with Gasteiger partial charge in [-0.1, -0.05) is 37.5 Å². The van der Waals surface area contributed by atoms with Crippen LogP contribution in [0.15, 0.2) is 30.3 Å². The van der Waals surface area contributed by atoms with Gasteiger partial charge in [-0.2, -0.15) is 0 Å². The Bertz CT molecular complexity index is 788. The summed E-state index contributed by atoms with van der Waals surface area (Å²) in [6.45, 7) is -0.0900. The van der Waals surface area contributed by atoms with Crippen LogP contribution in [0.2, 0.25) is 0 Å². The molecule has 1 saturated carbocycles. The third kappa shape index (κ3) is 3.87. The van der Waals surface area contributed by atoms with Gasteiger partial charge < -0.3 is 20.7 Å². The summed E-state index contributed by atoms with van der Waals surface area (Å²) >= 11 is 0. The monoisotopic (exact) mass is 357 g/mol. The van der Waals surface area contributed by atoms with Crippen LogP contribution < -0.4 is 10.6 Å². The Balaban J connectivity index is 1.51. The quantitative estimate of drug-likeness (QED) is 0.634. The third-order valence-electron chi connectivity index (χ3n) is 5.07. The number of carbonyl (C=O) groups is 3. The molecule has 0 saturated heterocycles. The van der Waals surface area contributed by atoms with Gasteiger partial charge >= 0.3 is 5.97 Å². The molecule has 1 fully saturated rings. The van der Waals surface area contributed by atoms with Crippen LogP contribution in [0.1, 0.15) is 42.6 Å². The topological polar surface area (TPSA) is 111 Å². The molecule has 26 heavy (non-hydrogen) atoms. The summed E-state index contributed by atoms with van der Waals surface area (Å²) < 4.78 is 0. The van der Waals surface area contributed by atoms with Gasteiger partial charge in [-0.15, -0.1) is 0 Å². The Morgan fingerprint density at radius 2 is 1.81 bits per heavy atom. The molecule has 0 aliphatic heterocycles. The van der Waals surface area contributed by atoms with Crippen molar-refractivity contribution in [1.29, 1.82) is 0 Å². The molecule has 4 N–H and O–H groups in total. The van der Waals surface area contributed by atoms with Crippen molar-refractivity contribution >= 4 is 28.7 Å². The van der Waals surface area contributed by atoms with Gasteiger partial charge in [0.1, 0.15) is 5.69 Å². The second-order valence-corrected chi connectivity index (χ2v) is 6.88. The lowest BCUT2D eigenvalue weighted by molar-refractivity contribution is -0.151. The van der Waals surface area contributed by atoms with E-state index in [0.29, 0.717) is 18.5 Å². The number of amides is 2. The molecule has 138 valence electrons. The van der Waals surface area contributed by atoms with E-state index in [1.165, 1.54) is 0 Å². The van der Waals surface area contributed by atoms with E-state index < -0.39 is 11.4 Å². The molecular formula is C19H23N3O4. The smallest absolute Gasteiger partial charge is 0.311 e. The Morgan fingerprint density at radius 1 is 1.08 bits per heavy atom. The van der Waals surface area contributed by atoms with Crippen molar-refractivity contribution in [3.8, 4) is 0 Å². The number of benzene rings is 1. The Kier molecular flexibility index (Phi) is 5.25. The van der Waals surface area contributed by atoms with E-state index in [2.05, 4.69) is 15.6 Å². The number of nitrogens with one attached hydrogen (secondary N) is 3. The molecule has 2 amide bonds. The zero-order valence-corrected chi connectivity index (χ0v) is 14.5. The van der Waals surface area contributed by atoms with Crippen LogP contribution in [-0.2, 0) is 9.59 Å². The Morgan fingerprint density at radius 3 is 2.50 bits per heavy atom. The fraction of sp³-hybridized carbons (Fsp3) is 0.421. The second kappa shape index (κ2) is 7.59. The van der Waals surface area contributed by atoms with E-state index in [1.807, 2.05) is 24.3 Å². The summed E-state index contributed by atoms with van der Waals surface area (Å²) in [4.78, 5) is 38.8. The standard InChI is InChI=1S/C19H23N3O4/c23-16(21-12-19(18(25)26)8-4-1-5-9-19)11-20-17(24)15-10-13-6-2-3-7-14(13)22-15/h2-3,6-7,10,22H,1,4-5,8-9,11-12H2,(H,20,24)(H,21,23)(H,25,26). The summed E-state index contributed by atoms with van der Waals surface area (Å²) in [5, 5.41) is 15.7. The van der Waals surface area contributed by atoms with Crippen molar-refractivity contribution in [2.45, 2.75) is 32.1 Å². The fourth-order valence-electron chi connectivity index (χ4n) is 3.48. The first-order valence-corrected chi connectivity index (χ1v) is 8.86. The average Bonchev–Trinajstić information content (AvgIpc) is 3.09. The molecule has 7 nitrogen and oxygen atoms in total. The van der Waals surface area contributed by atoms with Crippen molar-refractivity contribution < 1.29 is 19.5 Å². The molecular weight excluding hydrogens is 334 g/mol. The van der Waals surface area contributed by atoms with Gasteiger partial charge in [0.05, 0.1) is 12.0 Å². The first-order valence-electron chi connectivity index (χ1n) is 8.86. The van der Waals surface area contributed by atoms with E-state index >= 15 is 0 Å². The molecule has 1 aromatic carbocycles. The normalized spacial score (nSPS) is 16.2. The highest BCUT2D eigenvalue weighted by Gasteiger charge is 2.39. The zero-order chi connectivity index (χ0) is 18.6. The van der Waals surface area contributed by atoms with Gasteiger partial charge in [0.15, 0.2) is 0 Å². The second-order valence-electron chi connectivity index (χ2n) is 6.88. The molecule has 0 bridgehead atoms. The van der Waals surface area contributed by atoms with Crippen LogP contribution in [0.3, 0.4) is 0 Å². The number of aliphatic carboxylic acids is 1. The number of para-hydroxylation sites is 1. The lowest BCUT2D eigenvalue weighted by Crippen LogP contribution is -2.46. The predicted octanol–water partition coefficient (Wildman–Crippen LogP) is 2.05. The van der Waals surface area contributed by atoms with E-state index in [4.69, 9.17) is 0 Å². The first kappa shape index (κ1) is 18.0. The number of H-pyrrole nitrogens is 1. The van der Waals surface area contributed by atoms with Crippen LogP contribution in [0.25, 0.3) is 10.9 Å². The van der Waals surface area contributed by atoms with Crippen LogP contribution in [0, 0.1) is 5.41 Å². The number of carbonyl (C=O) groups excluding carboxylic acids is 2. The van der Waals surface area contributed by atoms with E-state index in [-0.39, 0.29) is 24.9 Å². The van der Waals surface area contributed by atoms with Crippen molar-refractivity contribution in [2.75, 3.05) is 13.1 Å². The van der Waals surface area contributed by atoms with Gasteiger partial charge in [-0.25, -0.2) is 0 Å². The summed E-state index contributed by atoms with van der Waals surface area (Å²) in [5.74, 6) is -1.62. The highest BCUT2D eigenvalue weighted by Crippen LogP contribution is 2.35. The van der Waals surface area contributed by atoms with Crippen LogP contribution in [0.5, 0.6) is 0 Å².